The number of hydrogen-bond donors (Lipinski definition) is 2. The minimum Gasteiger partial charge on any atom is -0.438 e. The van der Waals surface area contributed by atoms with Gasteiger partial charge in [0.2, 0.25) is 5.88 Å². The first-order chi connectivity index (χ1) is 18.2. The molecule has 0 aliphatic rings. The molecular formula is C25H23F3N6O4S. The van der Waals surface area contributed by atoms with E-state index in [1.165, 1.54) is 31.2 Å². The van der Waals surface area contributed by atoms with E-state index in [0.29, 0.717) is 16.9 Å². The number of pyridine rings is 2. The number of carbonyl (C=O) groups excluding carboxylic acids is 1. The Morgan fingerprint density at radius 3 is 2.26 bits per heavy atom. The van der Waals surface area contributed by atoms with Crippen molar-refractivity contribution in [3.8, 4) is 17.4 Å². The number of anilines is 1. The number of rotatable bonds is 6. The summed E-state index contributed by atoms with van der Waals surface area (Å²) in [5.41, 5.74) is 6.59. The monoisotopic (exact) mass is 560 g/mol. The molecule has 0 spiro atoms. The van der Waals surface area contributed by atoms with Crippen LogP contribution in [0.3, 0.4) is 0 Å². The Kier molecular flexibility index (Phi) is 7.08. The van der Waals surface area contributed by atoms with Crippen molar-refractivity contribution in [1.82, 2.24) is 24.5 Å². The summed E-state index contributed by atoms with van der Waals surface area (Å²) < 4.78 is 74.1. The maximum Gasteiger partial charge on any atom is 0.435 e. The molecule has 14 heteroatoms. The molecule has 204 valence electrons. The highest BCUT2D eigenvalue weighted by Gasteiger charge is 2.35. The van der Waals surface area contributed by atoms with E-state index in [1.54, 1.807) is 13.8 Å². The van der Waals surface area contributed by atoms with E-state index in [2.05, 4.69) is 15.1 Å². The Morgan fingerprint density at radius 2 is 1.67 bits per heavy atom. The number of nitrogens with two attached hydrogens (primary N) is 1. The number of alkyl halides is 3. The van der Waals surface area contributed by atoms with Crippen LogP contribution in [0, 0.1) is 27.7 Å². The molecule has 0 fully saturated rings. The fourth-order valence-corrected chi connectivity index (χ4v) is 4.82. The van der Waals surface area contributed by atoms with Gasteiger partial charge in [-0.3, -0.25) is 4.79 Å². The Morgan fingerprint density at radius 1 is 1.00 bits per heavy atom. The molecule has 3 heterocycles. The molecule has 0 saturated heterocycles. The number of aromatic nitrogens is 4. The molecule has 3 aromatic heterocycles. The summed E-state index contributed by atoms with van der Waals surface area (Å²) in [6.07, 6.45) is -4.69. The van der Waals surface area contributed by atoms with Crippen LogP contribution in [0.2, 0.25) is 0 Å². The number of aryl methyl sites for hydroxylation is 4. The first-order valence-electron chi connectivity index (χ1n) is 11.4. The number of halogens is 3. The van der Waals surface area contributed by atoms with E-state index in [0.717, 1.165) is 22.4 Å². The van der Waals surface area contributed by atoms with Crippen molar-refractivity contribution in [3.05, 3.63) is 82.2 Å². The summed E-state index contributed by atoms with van der Waals surface area (Å²) in [6, 6.07) is 10.8. The summed E-state index contributed by atoms with van der Waals surface area (Å²) in [5.74, 6) is -1.27. The van der Waals surface area contributed by atoms with Crippen molar-refractivity contribution >= 4 is 21.7 Å². The van der Waals surface area contributed by atoms with Crippen LogP contribution in [0.15, 0.2) is 53.6 Å². The summed E-state index contributed by atoms with van der Waals surface area (Å²) in [6.45, 7) is 6.82. The van der Waals surface area contributed by atoms with Gasteiger partial charge in [0.1, 0.15) is 17.1 Å². The summed E-state index contributed by atoms with van der Waals surface area (Å²) in [4.78, 5) is 21.1. The van der Waals surface area contributed by atoms with E-state index < -0.39 is 32.8 Å². The van der Waals surface area contributed by atoms with Crippen molar-refractivity contribution in [2.75, 3.05) is 5.73 Å². The van der Waals surface area contributed by atoms with Gasteiger partial charge in [-0.25, -0.2) is 14.4 Å². The highest BCUT2D eigenvalue weighted by molar-refractivity contribution is 7.90. The Balaban J connectivity index is 1.81. The number of nitrogen functional groups attached to an aromatic ring is 1. The van der Waals surface area contributed by atoms with Crippen LogP contribution in [-0.2, 0) is 16.2 Å². The van der Waals surface area contributed by atoms with Crippen molar-refractivity contribution < 1.29 is 31.1 Å². The van der Waals surface area contributed by atoms with E-state index in [1.807, 2.05) is 23.8 Å². The first-order valence-corrected chi connectivity index (χ1v) is 12.8. The van der Waals surface area contributed by atoms with Gasteiger partial charge in [-0.15, -0.1) is 0 Å². The fourth-order valence-electron chi connectivity index (χ4n) is 3.88. The molecule has 0 unspecified atom stereocenters. The van der Waals surface area contributed by atoms with Crippen molar-refractivity contribution in [3.63, 3.8) is 0 Å². The van der Waals surface area contributed by atoms with Gasteiger partial charge in [0.05, 0.1) is 0 Å². The Hall–Kier alpha value is -4.46. The van der Waals surface area contributed by atoms with E-state index in [-0.39, 0.29) is 28.8 Å². The predicted molar refractivity (Wildman–Crippen MR) is 135 cm³/mol. The van der Waals surface area contributed by atoms with Crippen LogP contribution in [-0.4, -0.2) is 34.1 Å². The fraction of sp³-hybridized carbons (Fsp3) is 0.200. The van der Waals surface area contributed by atoms with Crippen molar-refractivity contribution in [2.24, 2.45) is 0 Å². The molecule has 10 nitrogen and oxygen atoms in total. The highest BCUT2D eigenvalue weighted by atomic mass is 32.2. The number of amides is 1. The zero-order valence-electron chi connectivity index (χ0n) is 21.2. The number of nitrogens with zero attached hydrogens (tertiary/aromatic N) is 4. The van der Waals surface area contributed by atoms with Gasteiger partial charge >= 0.3 is 6.18 Å². The summed E-state index contributed by atoms with van der Waals surface area (Å²) in [7, 11) is -4.44. The molecule has 0 atom stereocenters. The molecule has 3 N–H and O–H groups in total. The zero-order chi connectivity index (χ0) is 28.7. The lowest BCUT2D eigenvalue weighted by Gasteiger charge is -2.16. The third kappa shape index (κ3) is 5.85. The first kappa shape index (κ1) is 27.6. The van der Waals surface area contributed by atoms with Crippen LogP contribution < -0.4 is 15.2 Å². The number of sulfonamides is 1. The molecule has 1 amide bonds. The predicted octanol–water partition coefficient (Wildman–Crippen LogP) is 4.41. The standard InChI is InChI=1S/C25H23F3N6O4S/c1-13-10-14(2)22(15(3)11-13)38-24-17(23(35)33-39(36,37)21-7-5-6-19(29)30-21)8-9-20(31-24)34-16(4)12-18(32-34)25(26,27)28/h5-12H,1-4H3,(H2,29,30)(H,33,35). The Bertz CT molecular complexity index is 1680. The zero-order valence-corrected chi connectivity index (χ0v) is 22.0. The molecule has 0 saturated carbocycles. The second-order valence-electron chi connectivity index (χ2n) is 8.77. The van der Waals surface area contributed by atoms with Crippen LogP contribution >= 0.6 is 0 Å². The van der Waals surface area contributed by atoms with Crippen LogP contribution in [0.1, 0.15) is 38.4 Å². The summed E-state index contributed by atoms with van der Waals surface area (Å²) >= 11 is 0. The normalized spacial score (nSPS) is 11.9. The van der Waals surface area contributed by atoms with Gasteiger partial charge in [0.25, 0.3) is 15.9 Å². The van der Waals surface area contributed by atoms with Crippen LogP contribution in [0.25, 0.3) is 5.82 Å². The van der Waals surface area contributed by atoms with Gasteiger partial charge in [-0.05, 0) is 69.2 Å². The van der Waals surface area contributed by atoms with Gasteiger partial charge in [0, 0.05) is 5.69 Å². The third-order valence-electron chi connectivity index (χ3n) is 5.54. The maximum atomic E-state index is 13.2. The van der Waals surface area contributed by atoms with Gasteiger partial charge in [-0.2, -0.15) is 31.7 Å². The molecule has 1 aromatic carbocycles. The molecule has 39 heavy (non-hydrogen) atoms. The van der Waals surface area contributed by atoms with Crippen molar-refractivity contribution in [2.45, 2.75) is 38.9 Å². The number of nitrogens with one attached hydrogen (secondary N) is 1. The lowest BCUT2D eigenvalue weighted by atomic mass is 10.1. The molecule has 4 rings (SSSR count). The molecular weight excluding hydrogens is 537 g/mol. The smallest absolute Gasteiger partial charge is 0.435 e. The maximum absolute atomic E-state index is 13.2. The Labute approximate surface area is 221 Å². The molecule has 0 aliphatic heterocycles. The molecule has 0 aliphatic carbocycles. The average Bonchev–Trinajstić information content (AvgIpc) is 3.23. The summed E-state index contributed by atoms with van der Waals surface area (Å²) in [5, 5.41) is 3.10. The largest absolute Gasteiger partial charge is 0.438 e. The van der Waals surface area contributed by atoms with Gasteiger partial charge in [-0.1, -0.05) is 23.8 Å². The minimum atomic E-state index is -4.69. The van der Waals surface area contributed by atoms with Crippen molar-refractivity contribution in [1.29, 1.82) is 0 Å². The SMILES string of the molecule is Cc1cc(C)c(Oc2nc(-n3nc(C(F)(F)F)cc3C)ccc2C(=O)NS(=O)(=O)c2cccc(N)n2)c(C)c1. The lowest BCUT2D eigenvalue weighted by molar-refractivity contribution is -0.141. The van der Waals surface area contributed by atoms with E-state index in [9.17, 15) is 26.4 Å². The van der Waals surface area contributed by atoms with E-state index in [4.69, 9.17) is 10.5 Å². The number of benzene rings is 1. The molecule has 0 bridgehead atoms. The topological polar surface area (TPSA) is 142 Å². The highest BCUT2D eigenvalue weighted by Crippen LogP contribution is 2.33. The quantitative estimate of drug-likeness (QED) is 0.353. The lowest BCUT2D eigenvalue weighted by Crippen LogP contribution is -2.31. The number of ether oxygens (including phenoxy) is 1. The van der Waals surface area contributed by atoms with Gasteiger partial charge < -0.3 is 10.5 Å². The average molecular weight is 561 g/mol. The third-order valence-corrected chi connectivity index (χ3v) is 6.77. The second kappa shape index (κ2) is 10.0. The van der Waals surface area contributed by atoms with Crippen LogP contribution in [0.4, 0.5) is 19.0 Å². The number of hydrogen-bond acceptors (Lipinski definition) is 8. The molecule has 0 radical (unpaired) electrons. The van der Waals surface area contributed by atoms with Gasteiger partial charge in [0.15, 0.2) is 16.5 Å². The van der Waals surface area contributed by atoms with E-state index >= 15 is 0 Å². The van der Waals surface area contributed by atoms with Crippen LogP contribution in [0.5, 0.6) is 11.6 Å². The second-order valence-corrected chi connectivity index (χ2v) is 10.4. The number of carbonyl (C=O) groups is 1. The molecule has 4 aromatic rings. The minimum absolute atomic E-state index is 0.0708.